The van der Waals surface area contributed by atoms with Crippen LogP contribution < -0.4 is 4.90 Å². The van der Waals surface area contributed by atoms with E-state index >= 15 is 0 Å². The summed E-state index contributed by atoms with van der Waals surface area (Å²) in [7, 11) is 0. The zero-order chi connectivity index (χ0) is 13.4. The molecule has 3 heteroatoms. The van der Waals surface area contributed by atoms with Gasteiger partial charge in [0.25, 0.3) is 0 Å². The predicted molar refractivity (Wildman–Crippen MR) is 73.5 cm³/mol. The fourth-order valence-electron chi connectivity index (χ4n) is 2.79. The third-order valence-corrected chi connectivity index (χ3v) is 3.59. The Kier molecular flexibility index (Phi) is 2.82. The van der Waals surface area contributed by atoms with Crippen LogP contribution in [-0.2, 0) is 6.42 Å². The molecule has 2 nitrogen and oxygen atoms in total. The van der Waals surface area contributed by atoms with Gasteiger partial charge in [-0.3, -0.25) is 4.79 Å². The summed E-state index contributed by atoms with van der Waals surface area (Å²) in [6.07, 6.45) is 1.58. The first-order valence-electron chi connectivity index (χ1n) is 6.33. The highest BCUT2D eigenvalue weighted by Gasteiger charge is 2.30. The minimum absolute atomic E-state index is 0.146. The first-order valence-corrected chi connectivity index (χ1v) is 6.33. The number of carbonyl (C=O) groups is 1. The molecule has 19 heavy (non-hydrogen) atoms. The maximum absolute atomic E-state index is 14.2. The molecule has 0 aromatic heterocycles. The smallest absolute Gasteiger partial charge is 0.152 e. The molecule has 3 rings (SSSR count). The van der Waals surface area contributed by atoms with Gasteiger partial charge in [-0.25, -0.2) is 4.39 Å². The molecule has 0 N–H and O–H groups in total. The Hall–Kier alpha value is -2.16. The summed E-state index contributed by atoms with van der Waals surface area (Å²) < 4.78 is 14.2. The van der Waals surface area contributed by atoms with Crippen LogP contribution in [0.2, 0.25) is 0 Å². The molecule has 2 aromatic carbocycles. The number of hydrogen-bond donors (Lipinski definition) is 0. The van der Waals surface area contributed by atoms with Gasteiger partial charge in [0.05, 0.1) is 5.69 Å². The summed E-state index contributed by atoms with van der Waals surface area (Å²) in [6.45, 7) is 2.04. The number of halogens is 1. The monoisotopic (exact) mass is 255 g/mol. The first kappa shape index (κ1) is 11.9. The molecule has 0 radical (unpaired) electrons. The number of carbonyl (C=O) groups excluding carboxylic acids is 1. The molecule has 0 fully saturated rings. The summed E-state index contributed by atoms with van der Waals surface area (Å²) in [6, 6.07) is 12.7. The minimum atomic E-state index is -0.354. The molecule has 1 aliphatic rings. The summed E-state index contributed by atoms with van der Waals surface area (Å²) in [5, 5.41) is 0. The Morgan fingerprint density at radius 2 is 2.00 bits per heavy atom. The zero-order valence-corrected chi connectivity index (χ0v) is 10.6. The van der Waals surface area contributed by atoms with Crippen molar-refractivity contribution in [2.75, 3.05) is 4.90 Å². The highest BCUT2D eigenvalue weighted by atomic mass is 19.1. The number of rotatable bonds is 2. The SMILES string of the molecule is CC1Cc2ccccc2N1c1c(F)cccc1C=O. The average Bonchev–Trinajstić information content (AvgIpc) is 2.74. The highest BCUT2D eigenvalue weighted by molar-refractivity contribution is 5.88. The van der Waals surface area contributed by atoms with Crippen LogP contribution in [0.15, 0.2) is 42.5 Å². The molecule has 0 amide bonds. The van der Waals surface area contributed by atoms with Gasteiger partial charge in [0.1, 0.15) is 5.82 Å². The van der Waals surface area contributed by atoms with Crippen molar-refractivity contribution in [3.63, 3.8) is 0 Å². The van der Waals surface area contributed by atoms with Gasteiger partial charge < -0.3 is 4.90 Å². The van der Waals surface area contributed by atoms with E-state index in [0.29, 0.717) is 17.5 Å². The second-order valence-electron chi connectivity index (χ2n) is 4.85. The quantitative estimate of drug-likeness (QED) is 0.762. The summed E-state index contributed by atoms with van der Waals surface area (Å²) in [4.78, 5) is 13.1. The van der Waals surface area contributed by atoms with Crippen LogP contribution in [0.4, 0.5) is 15.8 Å². The van der Waals surface area contributed by atoms with Gasteiger partial charge in [0.15, 0.2) is 6.29 Å². The maximum atomic E-state index is 14.2. The maximum Gasteiger partial charge on any atom is 0.152 e. The van der Waals surface area contributed by atoms with E-state index in [4.69, 9.17) is 0 Å². The van der Waals surface area contributed by atoms with Crippen LogP contribution in [-0.4, -0.2) is 12.3 Å². The van der Waals surface area contributed by atoms with Crippen molar-refractivity contribution >= 4 is 17.7 Å². The minimum Gasteiger partial charge on any atom is -0.335 e. The van der Waals surface area contributed by atoms with E-state index in [2.05, 4.69) is 0 Å². The third kappa shape index (κ3) is 1.82. The first-order chi connectivity index (χ1) is 9.22. The number of benzene rings is 2. The van der Waals surface area contributed by atoms with Crippen LogP contribution in [0.25, 0.3) is 0 Å². The Morgan fingerprint density at radius 3 is 2.79 bits per heavy atom. The molecule has 0 bridgehead atoms. The second kappa shape index (κ2) is 4.50. The van der Waals surface area contributed by atoms with Crippen LogP contribution in [0.1, 0.15) is 22.8 Å². The molecule has 1 heterocycles. The number of para-hydroxylation sites is 2. The summed E-state index contributed by atoms with van der Waals surface area (Å²) in [5.41, 5.74) is 2.96. The summed E-state index contributed by atoms with van der Waals surface area (Å²) in [5.74, 6) is -0.354. The fourth-order valence-corrected chi connectivity index (χ4v) is 2.79. The zero-order valence-electron chi connectivity index (χ0n) is 10.6. The van der Waals surface area contributed by atoms with Gasteiger partial charge in [0.2, 0.25) is 0 Å². The standard InChI is InChI=1S/C16H14FNO/c1-11-9-12-5-2-3-8-15(12)18(11)16-13(10-19)6-4-7-14(16)17/h2-8,10-11H,9H2,1H3. The molecule has 0 saturated carbocycles. The third-order valence-electron chi connectivity index (χ3n) is 3.59. The van der Waals surface area contributed by atoms with Crippen molar-refractivity contribution in [2.24, 2.45) is 0 Å². The van der Waals surface area contributed by atoms with Gasteiger partial charge >= 0.3 is 0 Å². The van der Waals surface area contributed by atoms with Crippen LogP contribution >= 0.6 is 0 Å². The number of hydrogen-bond acceptors (Lipinski definition) is 2. The van der Waals surface area contributed by atoms with Crippen molar-refractivity contribution in [2.45, 2.75) is 19.4 Å². The molecular formula is C16H14FNO. The molecule has 0 aliphatic carbocycles. The van der Waals surface area contributed by atoms with Gasteiger partial charge in [-0.15, -0.1) is 0 Å². The number of aldehydes is 1. The fraction of sp³-hybridized carbons (Fsp3) is 0.188. The number of nitrogens with zero attached hydrogens (tertiary/aromatic N) is 1. The predicted octanol–water partition coefficient (Wildman–Crippen LogP) is 3.72. The Bertz CT molecular complexity index is 638. The van der Waals surface area contributed by atoms with E-state index in [1.165, 1.54) is 11.6 Å². The lowest BCUT2D eigenvalue weighted by molar-refractivity contribution is 0.112. The highest BCUT2D eigenvalue weighted by Crippen LogP contribution is 2.40. The number of fused-ring (bicyclic) bond motifs is 1. The summed E-state index contributed by atoms with van der Waals surface area (Å²) >= 11 is 0. The van der Waals surface area contributed by atoms with E-state index in [0.717, 1.165) is 12.1 Å². The molecule has 96 valence electrons. The molecule has 1 atom stereocenters. The normalized spacial score (nSPS) is 17.4. The molecule has 0 spiro atoms. The van der Waals surface area contributed by atoms with Crippen LogP contribution in [0.3, 0.4) is 0 Å². The van der Waals surface area contributed by atoms with Gasteiger partial charge in [-0.2, -0.15) is 0 Å². The van der Waals surface area contributed by atoms with E-state index in [-0.39, 0.29) is 11.9 Å². The van der Waals surface area contributed by atoms with Crippen molar-refractivity contribution < 1.29 is 9.18 Å². The van der Waals surface area contributed by atoms with Gasteiger partial charge in [0, 0.05) is 17.3 Å². The van der Waals surface area contributed by atoms with Crippen molar-refractivity contribution in [1.29, 1.82) is 0 Å². The average molecular weight is 255 g/mol. The lowest BCUT2D eigenvalue weighted by atomic mass is 10.1. The van der Waals surface area contributed by atoms with E-state index in [1.807, 2.05) is 36.1 Å². The van der Waals surface area contributed by atoms with Crippen LogP contribution in [0.5, 0.6) is 0 Å². The Morgan fingerprint density at radius 1 is 1.21 bits per heavy atom. The lowest BCUT2D eigenvalue weighted by Gasteiger charge is -2.26. The van der Waals surface area contributed by atoms with Crippen molar-refractivity contribution in [1.82, 2.24) is 0 Å². The number of anilines is 2. The van der Waals surface area contributed by atoms with Crippen molar-refractivity contribution in [3.8, 4) is 0 Å². The molecule has 0 saturated heterocycles. The van der Waals surface area contributed by atoms with E-state index in [9.17, 15) is 9.18 Å². The topological polar surface area (TPSA) is 20.3 Å². The van der Waals surface area contributed by atoms with Crippen LogP contribution in [0, 0.1) is 5.82 Å². The molecule has 1 unspecified atom stereocenters. The molecular weight excluding hydrogens is 241 g/mol. The lowest BCUT2D eigenvalue weighted by Crippen LogP contribution is -2.26. The van der Waals surface area contributed by atoms with E-state index in [1.54, 1.807) is 12.1 Å². The Labute approximate surface area is 111 Å². The van der Waals surface area contributed by atoms with E-state index < -0.39 is 0 Å². The largest absolute Gasteiger partial charge is 0.335 e. The van der Waals surface area contributed by atoms with Crippen molar-refractivity contribution in [3.05, 3.63) is 59.4 Å². The van der Waals surface area contributed by atoms with Gasteiger partial charge in [-0.05, 0) is 37.1 Å². The second-order valence-corrected chi connectivity index (χ2v) is 4.85. The molecule has 1 aliphatic heterocycles. The molecule has 2 aromatic rings. The Balaban J connectivity index is 2.20. The van der Waals surface area contributed by atoms with Gasteiger partial charge in [-0.1, -0.05) is 24.3 Å².